The highest BCUT2D eigenvalue weighted by Crippen LogP contribution is 2.17. The van der Waals surface area contributed by atoms with Crippen LogP contribution in [0.3, 0.4) is 0 Å². The summed E-state index contributed by atoms with van der Waals surface area (Å²) in [7, 11) is 1.67. The first-order valence-electron chi connectivity index (χ1n) is 6.24. The first kappa shape index (κ1) is 16.3. The number of amides is 1. The van der Waals surface area contributed by atoms with Crippen molar-refractivity contribution in [2.45, 2.75) is 25.9 Å². The number of unbranched alkanes of at least 4 members (excludes halogenated alkanes) is 1. The Hall–Kier alpha value is -1.79. The fraction of sp³-hybridized carbons (Fsp3) is 0.538. The van der Waals surface area contributed by atoms with Gasteiger partial charge in [-0.15, -0.1) is 0 Å². The van der Waals surface area contributed by atoms with Gasteiger partial charge in [0.25, 0.3) is 5.91 Å². The van der Waals surface area contributed by atoms with Gasteiger partial charge in [-0.3, -0.25) is 4.79 Å². The monoisotopic (exact) mass is 290 g/mol. The molecule has 1 rings (SSSR count). The maximum absolute atomic E-state index is 12.0. The molecule has 0 aliphatic heterocycles. The molecule has 0 aliphatic rings. The lowest BCUT2D eigenvalue weighted by Gasteiger charge is -2.16. The average molecular weight is 290 g/mol. The second-order valence-corrected chi connectivity index (χ2v) is 4.37. The van der Waals surface area contributed by atoms with Crippen molar-refractivity contribution in [2.24, 2.45) is 0 Å². The number of carbonyl (C=O) groups is 1. The molecular weight excluding hydrogens is 273 g/mol. The second-order valence-electron chi connectivity index (χ2n) is 4.37. The molecule has 1 amide bonds. The molecule has 0 radical (unpaired) electrons. The number of hydrogen-bond acceptors (Lipinski definition) is 3. The Morgan fingerprint density at radius 1 is 1.40 bits per heavy atom. The van der Waals surface area contributed by atoms with Gasteiger partial charge in [0.2, 0.25) is 5.88 Å². The lowest BCUT2D eigenvalue weighted by Crippen LogP contribution is -2.27. The number of hydrogen-bond donors (Lipinski definition) is 0. The molecule has 1 aromatic heterocycles. The van der Waals surface area contributed by atoms with E-state index in [1.54, 1.807) is 11.9 Å². The second kappa shape index (κ2) is 7.12. The minimum absolute atomic E-state index is 0.157. The third-order valence-corrected chi connectivity index (χ3v) is 2.56. The predicted octanol–water partition coefficient (Wildman–Crippen LogP) is 2.89. The zero-order chi connectivity index (χ0) is 15.2. The fourth-order valence-corrected chi connectivity index (χ4v) is 1.47. The van der Waals surface area contributed by atoms with Gasteiger partial charge in [0.15, 0.2) is 6.61 Å². The third kappa shape index (κ3) is 5.46. The molecule has 1 aromatic rings. The van der Waals surface area contributed by atoms with Crippen molar-refractivity contribution in [2.75, 3.05) is 20.2 Å². The molecule has 4 nitrogen and oxygen atoms in total. The van der Waals surface area contributed by atoms with E-state index in [1.165, 1.54) is 18.3 Å². The molecule has 0 fully saturated rings. The number of ether oxygens (including phenoxy) is 1. The van der Waals surface area contributed by atoms with E-state index >= 15 is 0 Å². The van der Waals surface area contributed by atoms with Gasteiger partial charge in [-0.25, -0.2) is 4.98 Å². The number of aromatic nitrogens is 1. The molecular formula is C13H17F3N2O2. The number of carbonyl (C=O) groups excluding carboxylic acids is 1. The molecule has 0 saturated carbocycles. The third-order valence-electron chi connectivity index (χ3n) is 2.56. The maximum Gasteiger partial charge on any atom is 0.422 e. The van der Waals surface area contributed by atoms with Crippen LogP contribution >= 0.6 is 0 Å². The van der Waals surface area contributed by atoms with Crippen LogP contribution in [0.1, 0.15) is 30.1 Å². The zero-order valence-electron chi connectivity index (χ0n) is 11.4. The quantitative estimate of drug-likeness (QED) is 0.809. The Morgan fingerprint density at radius 2 is 2.10 bits per heavy atom. The van der Waals surface area contributed by atoms with Crippen LogP contribution in [-0.2, 0) is 0 Å². The van der Waals surface area contributed by atoms with Gasteiger partial charge in [0.1, 0.15) is 0 Å². The largest absolute Gasteiger partial charge is 0.468 e. The Labute approximate surface area is 115 Å². The summed E-state index contributed by atoms with van der Waals surface area (Å²) in [6.45, 7) is 1.25. The highest BCUT2D eigenvalue weighted by molar-refractivity contribution is 5.93. The summed E-state index contributed by atoms with van der Waals surface area (Å²) >= 11 is 0. The van der Waals surface area contributed by atoms with Crippen LogP contribution in [0.2, 0.25) is 0 Å². The SMILES string of the molecule is CCCCN(C)C(=O)c1ccc(OCC(F)(F)F)nc1. The summed E-state index contributed by atoms with van der Waals surface area (Å²) in [5.41, 5.74) is 0.322. The van der Waals surface area contributed by atoms with E-state index in [0.717, 1.165) is 12.8 Å². The minimum Gasteiger partial charge on any atom is -0.468 e. The van der Waals surface area contributed by atoms with Gasteiger partial charge >= 0.3 is 6.18 Å². The normalized spacial score (nSPS) is 11.2. The Morgan fingerprint density at radius 3 is 2.60 bits per heavy atom. The standard InChI is InChI=1S/C13H17F3N2O2/c1-3-4-7-18(2)12(19)10-5-6-11(17-8-10)20-9-13(14,15)16/h5-6,8H,3-4,7,9H2,1-2H3. The molecule has 0 spiro atoms. The van der Waals surface area contributed by atoms with Crippen LogP contribution in [0, 0.1) is 0 Å². The first-order chi connectivity index (χ1) is 9.33. The van der Waals surface area contributed by atoms with Crippen LogP contribution in [0.5, 0.6) is 5.88 Å². The van der Waals surface area contributed by atoms with Gasteiger partial charge in [0, 0.05) is 25.9 Å². The molecule has 0 N–H and O–H groups in total. The van der Waals surface area contributed by atoms with Crippen molar-refractivity contribution in [1.29, 1.82) is 0 Å². The lowest BCUT2D eigenvalue weighted by atomic mass is 10.2. The highest BCUT2D eigenvalue weighted by Gasteiger charge is 2.28. The summed E-state index contributed by atoms with van der Waals surface area (Å²) in [5.74, 6) is -0.372. The highest BCUT2D eigenvalue weighted by atomic mass is 19.4. The van der Waals surface area contributed by atoms with Crippen molar-refractivity contribution < 1.29 is 22.7 Å². The number of pyridine rings is 1. The van der Waals surface area contributed by atoms with Gasteiger partial charge in [-0.05, 0) is 12.5 Å². The first-order valence-corrected chi connectivity index (χ1v) is 6.24. The number of alkyl halides is 3. The van der Waals surface area contributed by atoms with E-state index in [9.17, 15) is 18.0 Å². The van der Waals surface area contributed by atoms with E-state index in [0.29, 0.717) is 12.1 Å². The van der Waals surface area contributed by atoms with Crippen LogP contribution < -0.4 is 4.74 Å². The molecule has 0 atom stereocenters. The van der Waals surface area contributed by atoms with Gasteiger partial charge in [0.05, 0.1) is 5.56 Å². The molecule has 0 bridgehead atoms. The number of rotatable bonds is 6. The van der Waals surface area contributed by atoms with E-state index in [-0.39, 0.29) is 11.8 Å². The van der Waals surface area contributed by atoms with Gasteiger partial charge in [-0.1, -0.05) is 13.3 Å². The van der Waals surface area contributed by atoms with E-state index in [4.69, 9.17) is 0 Å². The predicted molar refractivity (Wildman–Crippen MR) is 67.7 cm³/mol. The van der Waals surface area contributed by atoms with Crippen LogP contribution in [0.15, 0.2) is 18.3 Å². The van der Waals surface area contributed by atoms with Crippen molar-refractivity contribution in [3.05, 3.63) is 23.9 Å². The summed E-state index contributed by atoms with van der Waals surface area (Å²) in [6, 6.07) is 2.66. The summed E-state index contributed by atoms with van der Waals surface area (Å²) in [5, 5.41) is 0. The van der Waals surface area contributed by atoms with Crippen molar-refractivity contribution >= 4 is 5.91 Å². The van der Waals surface area contributed by atoms with Crippen molar-refractivity contribution in [1.82, 2.24) is 9.88 Å². The summed E-state index contributed by atoms with van der Waals surface area (Å²) in [6.07, 6.45) is -1.32. The molecule has 112 valence electrons. The van der Waals surface area contributed by atoms with Gasteiger partial charge in [-0.2, -0.15) is 13.2 Å². The molecule has 0 aliphatic carbocycles. The molecule has 0 saturated heterocycles. The lowest BCUT2D eigenvalue weighted by molar-refractivity contribution is -0.154. The summed E-state index contributed by atoms with van der Waals surface area (Å²) < 4.78 is 40.3. The van der Waals surface area contributed by atoms with Crippen molar-refractivity contribution in [3.63, 3.8) is 0 Å². The molecule has 1 heterocycles. The Bertz CT molecular complexity index is 432. The topological polar surface area (TPSA) is 42.4 Å². The van der Waals surface area contributed by atoms with E-state index < -0.39 is 12.8 Å². The van der Waals surface area contributed by atoms with Crippen LogP contribution in [0.25, 0.3) is 0 Å². The number of halogens is 3. The van der Waals surface area contributed by atoms with Crippen molar-refractivity contribution in [3.8, 4) is 5.88 Å². The number of nitrogens with zero attached hydrogens (tertiary/aromatic N) is 2. The fourth-order valence-electron chi connectivity index (χ4n) is 1.47. The summed E-state index contributed by atoms with van der Waals surface area (Å²) in [4.78, 5) is 17.2. The zero-order valence-corrected chi connectivity index (χ0v) is 11.4. The molecule has 0 unspecified atom stereocenters. The molecule has 7 heteroatoms. The van der Waals surface area contributed by atoms with Gasteiger partial charge < -0.3 is 9.64 Å². The van der Waals surface area contributed by atoms with Crippen LogP contribution in [0.4, 0.5) is 13.2 Å². The molecule has 0 aromatic carbocycles. The Balaban J connectivity index is 2.59. The van der Waals surface area contributed by atoms with E-state index in [1.807, 2.05) is 6.92 Å². The van der Waals surface area contributed by atoms with E-state index in [2.05, 4.69) is 9.72 Å². The average Bonchev–Trinajstić information content (AvgIpc) is 2.41. The molecule has 20 heavy (non-hydrogen) atoms. The maximum atomic E-state index is 12.0. The minimum atomic E-state index is -4.41. The smallest absolute Gasteiger partial charge is 0.422 e. The Kier molecular flexibility index (Phi) is 5.79. The van der Waals surface area contributed by atoms with Crippen LogP contribution in [-0.4, -0.2) is 42.2 Å².